The van der Waals surface area contributed by atoms with Crippen molar-refractivity contribution in [2.24, 2.45) is 0 Å². The predicted octanol–water partition coefficient (Wildman–Crippen LogP) is 7.94. The van der Waals surface area contributed by atoms with E-state index in [0.29, 0.717) is 12.8 Å². The minimum atomic E-state index is -4.48. The maximum Gasteiger partial charge on any atom is 0.405 e. The molecule has 1 amide bonds. The normalized spacial score (nSPS) is 16.0. The summed E-state index contributed by atoms with van der Waals surface area (Å²) in [5.41, 5.74) is 5.75. The number of anilines is 1. The van der Waals surface area contributed by atoms with Crippen molar-refractivity contribution in [3.63, 3.8) is 0 Å². The van der Waals surface area contributed by atoms with Gasteiger partial charge in [0.25, 0.3) is 0 Å². The van der Waals surface area contributed by atoms with E-state index < -0.39 is 24.0 Å². The number of hydrogen-bond acceptors (Lipinski definition) is 3. The van der Waals surface area contributed by atoms with Crippen LogP contribution < -0.4 is 10.2 Å². The predicted molar refractivity (Wildman–Crippen MR) is 171 cm³/mol. The molecular formula is C36H35ClF3N3O. The molecule has 1 fully saturated rings. The number of carbonyl (C=O) groups excluding carboxylic acids is 1. The third-order valence-corrected chi connectivity index (χ3v) is 9.19. The third kappa shape index (κ3) is 6.21. The van der Waals surface area contributed by atoms with Gasteiger partial charge in [-0.25, -0.2) is 0 Å². The van der Waals surface area contributed by atoms with Gasteiger partial charge in [0, 0.05) is 36.9 Å². The lowest BCUT2D eigenvalue weighted by atomic mass is 9.73. The van der Waals surface area contributed by atoms with Gasteiger partial charge in [-0.15, -0.1) is 0 Å². The first kappa shape index (κ1) is 30.2. The van der Waals surface area contributed by atoms with Crippen molar-refractivity contribution in [1.82, 2.24) is 10.2 Å². The Morgan fingerprint density at radius 3 is 2.05 bits per heavy atom. The number of amides is 1. The molecule has 0 aromatic heterocycles. The summed E-state index contributed by atoms with van der Waals surface area (Å²) in [6, 6.07) is 31.7. The third-order valence-electron chi connectivity index (χ3n) is 8.94. The molecule has 4 nitrogen and oxygen atoms in total. The highest BCUT2D eigenvalue weighted by Crippen LogP contribution is 2.51. The fraction of sp³-hybridized carbons (Fsp3) is 0.306. The molecule has 1 aliphatic heterocycles. The molecule has 0 spiro atoms. The van der Waals surface area contributed by atoms with Crippen molar-refractivity contribution in [2.45, 2.75) is 30.9 Å². The van der Waals surface area contributed by atoms with E-state index in [-0.39, 0.29) is 0 Å². The molecule has 2 aliphatic rings. The van der Waals surface area contributed by atoms with Crippen LogP contribution in [-0.4, -0.2) is 56.3 Å². The first-order valence-electron chi connectivity index (χ1n) is 15.1. The molecule has 4 aromatic carbocycles. The van der Waals surface area contributed by atoms with Gasteiger partial charge in [0.05, 0.1) is 0 Å². The minimum Gasteiger partial charge on any atom is -0.369 e. The Morgan fingerprint density at radius 2 is 1.41 bits per heavy atom. The largest absolute Gasteiger partial charge is 0.405 e. The van der Waals surface area contributed by atoms with Gasteiger partial charge >= 0.3 is 6.18 Å². The lowest BCUT2D eigenvalue weighted by Crippen LogP contribution is -2.47. The lowest BCUT2D eigenvalue weighted by Gasteiger charge is -2.36. The Morgan fingerprint density at radius 1 is 0.773 bits per heavy atom. The average molecular weight is 618 g/mol. The molecule has 0 bridgehead atoms. The number of rotatable bonds is 9. The molecule has 228 valence electrons. The monoisotopic (exact) mass is 617 g/mol. The number of unbranched alkanes of at least 4 members (excludes halogenated alkanes) is 1. The molecule has 1 N–H and O–H groups in total. The fourth-order valence-electron chi connectivity index (χ4n) is 6.76. The number of carbonyl (C=O) groups is 1. The van der Waals surface area contributed by atoms with Crippen molar-refractivity contribution < 1.29 is 18.0 Å². The summed E-state index contributed by atoms with van der Waals surface area (Å²) >= 11 is 6.06. The van der Waals surface area contributed by atoms with Gasteiger partial charge in [-0.05, 0) is 77.0 Å². The molecule has 4 aromatic rings. The minimum absolute atomic E-state index is 0.447. The van der Waals surface area contributed by atoms with Crippen molar-refractivity contribution in [1.29, 1.82) is 0 Å². The van der Waals surface area contributed by atoms with E-state index in [9.17, 15) is 18.0 Å². The average Bonchev–Trinajstić information content (AvgIpc) is 3.33. The van der Waals surface area contributed by atoms with Crippen molar-refractivity contribution in [3.05, 3.63) is 113 Å². The first-order valence-corrected chi connectivity index (χ1v) is 15.5. The molecule has 1 aliphatic carbocycles. The number of fused-ring (bicyclic) bond motifs is 3. The molecule has 0 radical (unpaired) electrons. The summed E-state index contributed by atoms with van der Waals surface area (Å²) in [4.78, 5) is 18.5. The second-order valence-electron chi connectivity index (χ2n) is 11.6. The van der Waals surface area contributed by atoms with E-state index >= 15 is 0 Å². The molecule has 8 heteroatoms. The molecule has 0 unspecified atom stereocenters. The van der Waals surface area contributed by atoms with Gasteiger partial charge in [0.1, 0.15) is 12.0 Å². The van der Waals surface area contributed by atoms with Crippen LogP contribution in [0.1, 0.15) is 30.4 Å². The maximum atomic E-state index is 13.7. The number of halogens is 4. The molecule has 6 rings (SSSR count). The number of piperazine rings is 1. The van der Waals surface area contributed by atoms with Crippen LogP contribution in [0.5, 0.6) is 0 Å². The maximum absolute atomic E-state index is 13.7. The molecule has 0 atom stereocenters. The van der Waals surface area contributed by atoms with Crippen LogP contribution in [0.4, 0.5) is 18.9 Å². The lowest BCUT2D eigenvalue weighted by molar-refractivity contribution is -0.141. The zero-order chi connectivity index (χ0) is 30.7. The van der Waals surface area contributed by atoms with Gasteiger partial charge in [-0.3, -0.25) is 9.69 Å². The van der Waals surface area contributed by atoms with Crippen molar-refractivity contribution in [2.75, 3.05) is 44.2 Å². The van der Waals surface area contributed by atoms with Crippen LogP contribution in [0.3, 0.4) is 0 Å². The van der Waals surface area contributed by atoms with Crippen LogP contribution in [0.2, 0.25) is 5.02 Å². The smallest absolute Gasteiger partial charge is 0.369 e. The zero-order valence-electron chi connectivity index (χ0n) is 24.4. The van der Waals surface area contributed by atoms with Gasteiger partial charge in [-0.1, -0.05) is 90.8 Å². The topological polar surface area (TPSA) is 35.6 Å². The molecular weight excluding hydrogens is 583 g/mol. The Labute approximate surface area is 261 Å². The van der Waals surface area contributed by atoms with Crippen LogP contribution in [0, 0.1) is 0 Å². The summed E-state index contributed by atoms with van der Waals surface area (Å²) in [6.07, 6.45) is -2.47. The second kappa shape index (κ2) is 12.7. The molecule has 1 saturated heterocycles. The fourth-order valence-corrected chi connectivity index (χ4v) is 6.89. The standard InChI is InChI=1S/C36H35ClF3N3O/c37-28-16-14-26(15-17-28)27-8-7-9-29(24-27)43-22-20-42(21-23-43)19-6-5-18-35(34(44)41-25-36(38,39)40)32-12-3-1-10-30(32)31-11-2-4-13-33(31)35/h1-4,7-17,24H,5-6,18-23,25H2,(H,41,44). The van der Waals surface area contributed by atoms with Crippen LogP contribution in [-0.2, 0) is 10.2 Å². The quantitative estimate of drug-likeness (QED) is 0.194. The van der Waals surface area contributed by atoms with E-state index in [1.807, 2.05) is 72.8 Å². The zero-order valence-corrected chi connectivity index (χ0v) is 25.2. The molecule has 44 heavy (non-hydrogen) atoms. The summed E-state index contributed by atoms with van der Waals surface area (Å²) in [6.45, 7) is 3.21. The van der Waals surface area contributed by atoms with E-state index in [1.165, 1.54) is 5.69 Å². The summed E-state index contributed by atoms with van der Waals surface area (Å²) < 4.78 is 39.5. The van der Waals surface area contributed by atoms with E-state index in [2.05, 4.69) is 39.4 Å². The molecule has 1 heterocycles. The Bertz CT molecular complexity index is 1570. The van der Waals surface area contributed by atoms with Crippen LogP contribution in [0.15, 0.2) is 97.1 Å². The number of benzene rings is 4. The van der Waals surface area contributed by atoms with E-state index in [0.717, 1.165) is 77.5 Å². The van der Waals surface area contributed by atoms with Crippen LogP contribution >= 0.6 is 11.6 Å². The molecule has 0 saturated carbocycles. The number of alkyl halides is 3. The highest BCUT2D eigenvalue weighted by molar-refractivity contribution is 6.30. The highest BCUT2D eigenvalue weighted by atomic mass is 35.5. The van der Waals surface area contributed by atoms with E-state index in [4.69, 9.17) is 11.6 Å². The van der Waals surface area contributed by atoms with E-state index in [1.54, 1.807) is 0 Å². The summed E-state index contributed by atoms with van der Waals surface area (Å²) in [5, 5.41) is 2.95. The first-order chi connectivity index (χ1) is 21.2. The highest BCUT2D eigenvalue weighted by Gasteiger charge is 2.49. The van der Waals surface area contributed by atoms with Crippen LogP contribution in [0.25, 0.3) is 22.3 Å². The number of hydrogen-bond donors (Lipinski definition) is 1. The van der Waals surface area contributed by atoms with Gasteiger partial charge in [-0.2, -0.15) is 13.2 Å². The van der Waals surface area contributed by atoms with Gasteiger partial charge in [0.15, 0.2) is 0 Å². The number of nitrogens with zero attached hydrogens (tertiary/aromatic N) is 2. The number of nitrogens with one attached hydrogen (secondary N) is 1. The van der Waals surface area contributed by atoms with Gasteiger partial charge in [0.2, 0.25) is 5.91 Å². The Kier molecular flexibility index (Phi) is 8.70. The van der Waals surface area contributed by atoms with Crippen molar-refractivity contribution in [3.8, 4) is 22.3 Å². The van der Waals surface area contributed by atoms with Gasteiger partial charge < -0.3 is 10.2 Å². The second-order valence-corrected chi connectivity index (χ2v) is 12.1. The summed E-state index contributed by atoms with van der Waals surface area (Å²) in [5.74, 6) is -0.582. The Balaban J connectivity index is 1.09. The SMILES string of the molecule is O=C(NCC(F)(F)F)C1(CCCCN2CCN(c3cccc(-c4ccc(Cl)cc4)c3)CC2)c2ccccc2-c2ccccc21. The summed E-state index contributed by atoms with van der Waals surface area (Å²) in [7, 11) is 0. The van der Waals surface area contributed by atoms with Crippen molar-refractivity contribution >= 4 is 23.2 Å². The Hall–Kier alpha value is -3.81.